The van der Waals surface area contributed by atoms with Gasteiger partial charge in [-0.2, -0.15) is 0 Å². The van der Waals surface area contributed by atoms with Gasteiger partial charge in [0.1, 0.15) is 11.9 Å². The molecule has 0 saturated carbocycles. The summed E-state index contributed by atoms with van der Waals surface area (Å²) in [5.74, 6) is -0.705. The first-order valence-electron chi connectivity index (χ1n) is 10.4. The number of ether oxygens (including phenoxy) is 1. The maximum Gasteiger partial charge on any atom is 0.414 e. The summed E-state index contributed by atoms with van der Waals surface area (Å²) in [5, 5.41) is 2.62. The van der Waals surface area contributed by atoms with Gasteiger partial charge in [-0.1, -0.05) is 12.1 Å². The molecule has 0 unspecified atom stereocenters. The zero-order valence-electron chi connectivity index (χ0n) is 17.8. The summed E-state index contributed by atoms with van der Waals surface area (Å²) < 4.78 is 23.8. The number of nitrogens with zero attached hydrogens (tertiary/aromatic N) is 5. The number of carbonyl (C=O) groups excluding carboxylic acids is 2. The number of hydrogen-bond acceptors (Lipinski definition) is 5. The fourth-order valence-electron chi connectivity index (χ4n) is 3.86. The molecule has 1 aliphatic rings. The van der Waals surface area contributed by atoms with Crippen molar-refractivity contribution in [1.82, 2.24) is 24.4 Å². The lowest BCUT2D eigenvalue weighted by Gasteiger charge is -2.14. The van der Waals surface area contributed by atoms with E-state index >= 15 is 0 Å². The summed E-state index contributed by atoms with van der Waals surface area (Å²) in [7, 11) is 0. The number of amides is 2. The summed E-state index contributed by atoms with van der Waals surface area (Å²) in [6.07, 6.45) is 4.02. The third kappa shape index (κ3) is 4.14. The Hall–Kier alpha value is -4.21. The van der Waals surface area contributed by atoms with E-state index in [-0.39, 0.29) is 19.0 Å². The molecule has 10 heteroatoms. The van der Waals surface area contributed by atoms with Crippen LogP contribution in [0, 0.1) is 5.82 Å². The van der Waals surface area contributed by atoms with E-state index in [0.717, 1.165) is 16.7 Å². The summed E-state index contributed by atoms with van der Waals surface area (Å²) in [5.41, 5.74) is 3.35. The number of carbonyl (C=O) groups is 2. The van der Waals surface area contributed by atoms with E-state index in [1.54, 1.807) is 35.6 Å². The van der Waals surface area contributed by atoms with Crippen molar-refractivity contribution in [1.29, 1.82) is 0 Å². The second-order valence-electron chi connectivity index (χ2n) is 7.82. The molecule has 168 valence electrons. The molecule has 33 heavy (non-hydrogen) atoms. The quantitative estimate of drug-likeness (QED) is 0.490. The van der Waals surface area contributed by atoms with Crippen LogP contribution in [0.5, 0.6) is 0 Å². The van der Waals surface area contributed by atoms with Crippen molar-refractivity contribution < 1.29 is 18.7 Å². The summed E-state index contributed by atoms with van der Waals surface area (Å²) >= 11 is 0. The van der Waals surface area contributed by atoms with Gasteiger partial charge in [-0.15, -0.1) is 0 Å². The van der Waals surface area contributed by atoms with Gasteiger partial charge in [0, 0.05) is 13.1 Å². The molecule has 2 aromatic heterocycles. The zero-order chi connectivity index (χ0) is 22.9. The Labute approximate surface area is 188 Å². The fourth-order valence-corrected chi connectivity index (χ4v) is 3.86. The van der Waals surface area contributed by atoms with E-state index in [1.165, 1.54) is 17.9 Å². The minimum Gasteiger partial charge on any atom is -0.442 e. The monoisotopic (exact) mass is 448 g/mol. The predicted molar refractivity (Wildman–Crippen MR) is 119 cm³/mol. The second-order valence-corrected chi connectivity index (χ2v) is 7.82. The van der Waals surface area contributed by atoms with Crippen LogP contribution in [0.4, 0.5) is 14.9 Å². The molecule has 1 fully saturated rings. The molecule has 5 rings (SSSR count). The van der Waals surface area contributed by atoms with Crippen molar-refractivity contribution in [2.75, 3.05) is 18.0 Å². The Balaban J connectivity index is 1.31. The molecule has 9 nitrogen and oxygen atoms in total. The van der Waals surface area contributed by atoms with Gasteiger partial charge in [-0.3, -0.25) is 9.69 Å². The van der Waals surface area contributed by atoms with Crippen LogP contribution in [0.15, 0.2) is 61.3 Å². The maximum absolute atomic E-state index is 15.0. The SMILES string of the molecule is CC(=O)NC[C@H]1CN(c2ccc(-n3cnc(Cn4cnc5ccccc54)c3)c(F)c2)C(=O)O1. The van der Waals surface area contributed by atoms with E-state index in [2.05, 4.69) is 15.3 Å². The number of anilines is 1. The van der Waals surface area contributed by atoms with E-state index in [1.807, 2.05) is 28.8 Å². The highest BCUT2D eigenvalue weighted by Gasteiger charge is 2.32. The lowest BCUT2D eigenvalue weighted by molar-refractivity contribution is -0.119. The summed E-state index contributed by atoms with van der Waals surface area (Å²) in [6, 6.07) is 12.4. The number of benzene rings is 2. The molecule has 0 bridgehead atoms. The molecule has 2 amide bonds. The standard InChI is InChI=1S/C23H21FN6O3/c1-15(31)25-9-18-12-30(23(32)33-18)17-6-7-21(19(24)8-17)28-10-16(26-13-28)11-29-14-27-20-4-2-3-5-22(20)29/h2-8,10,13-14,18H,9,11-12H2,1H3,(H,25,31)/t18-/m0/s1. The number of cyclic esters (lactones) is 1. The molecule has 0 aliphatic carbocycles. The molecule has 1 aliphatic heterocycles. The maximum atomic E-state index is 15.0. The van der Waals surface area contributed by atoms with Crippen molar-refractivity contribution in [3.8, 4) is 5.69 Å². The Morgan fingerprint density at radius 1 is 1.21 bits per heavy atom. The third-order valence-electron chi connectivity index (χ3n) is 5.47. The summed E-state index contributed by atoms with van der Waals surface area (Å²) in [6.45, 7) is 2.33. The Kier molecular flexibility index (Phi) is 5.25. The molecular formula is C23H21FN6O3. The number of rotatable bonds is 6. The van der Waals surface area contributed by atoms with E-state index in [9.17, 15) is 14.0 Å². The molecule has 0 spiro atoms. The smallest absolute Gasteiger partial charge is 0.414 e. The molecule has 0 radical (unpaired) electrons. The minimum absolute atomic E-state index is 0.208. The largest absolute Gasteiger partial charge is 0.442 e. The molecule has 1 N–H and O–H groups in total. The molecule has 1 atom stereocenters. The number of aromatic nitrogens is 4. The highest BCUT2D eigenvalue weighted by atomic mass is 19.1. The number of fused-ring (bicyclic) bond motifs is 1. The van der Waals surface area contributed by atoms with Crippen LogP contribution in [0.2, 0.25) is 0 Å². The topological polar surface area (TPSA) is 94.3 Å². The lowest BCUT2D eigenvalue weighted by Crippen LogP contribution is -2.33. The fraction of sp³-hybridized carbons (Fsp3) is 0.217. The van der Waals surface area contributed by atoms with Gasteiger partial charge in [0.15, 0.2) is 0 Å². The van der Waals surface area contributed by atoms with Gasteiger partial charge in [-0.05, 0) is 30.3 Å². The van der Waals surface area contributed by atoms with Crippen LogP contribution in [0.3, 0.4) is 0 Å². The Bertz CT molecular complexity index is 1350. The van der Waals surface area contributed by atoms with Crippen LogP contribution < -0.4 is 10.2 Å². The molecule has 3 heterocycles. The first-order valence-corrected chi connectivity index (χ1v) is 10.4. The van der Waals surface area contributed by atoms with Gasteiger partial charge in [0.05, 0.1) is 60.4 Å². The van der Waals surface area contributed by atoms with Crippen LogP contribution in [0.1, 0.15) is 12.6 Å². The summed E-state index contributed by atoms with van der Waals surface area (Å²) in [4.78, 5) is 33.4. The Morgan fingerprint density at radius 3 is 2.88 bits per heavy atom. The van der Waals surface area contributed by atoms with Gasteiger partial charge in [0.25, 0.3) is 0 Å². The highest BCUT2D eigenvalue weighted by molar-refractivity contribution is 5.90. The van der Waals surface area contributed by atoms with Crippen molar-refractivity contribution >= 4 is 28.7 Å². The van der Waals surface area contributed by atoms with Crippen LogP contribution >= 0.6 is 0 Å². The van der Waals surface area contributed by atoms with Crippen LogP contribution in [-0.4, -0.2) is 50.3 Å². The highest BCUT2D eigenvalue weighted by Crippen LogP contribution is 2.26. The van der Waals surface area contributed by atoms with Gasteiger partial charge >= 0.3 is 6.09 Å². The van der Waals surface area contributed by atoms with Crippen LogP contribution in [0.25, 0.3) is 16.7 Å². The van der Waals surface area contributed by atoms with Gasteiger partial charge < -0.3 is 19.2 Å². The number of halogens is 1. The average Bonchev–Trinajstić information content (AvgIpc) is 3.52. The van der Waals surface area contributed by atoms with E-state index in [4.69, 9.17) is 4.74 Å². The number of nitrogens with one attached hydrogen (secondary N) is 1. The lowest BCUT2D eigenvalue weighted by atomic mass is 10.2. The van der Waals surface area contributed by atoms with E-state index < -0.39 is 18.0 Å². The van der Waals surface area contributed by atoms with Crippen molar-refractivity contribution in [2.45, 2.75) is 19.6 Å². The number of hydrogen-bond donors (Lipinski definition) is 1. The number of imidazole rings is 2. The van der Waals surface area contributed by atoms with Crippen LogP contribution in [-0.2, 0) is 16.1 Å². The third-order valence-corrected chi connectivity index (χ3v) is 5.47. The number of para-hydroxylation sites is 2. The normalized spacial score (nSPS) is 15.8. The zero-order valence-corrected chi connectivity index (χ0v) is 17.8. The minimum atomic E-state index is -0.574. The molecule has 2 aromatic carbocycles. The molecular weight excluding hydrogens is 427 g/mol. The van der Waals surface area contributed by atoms with Gasteiger partial charge in [-0.25, -0.2) is 19.2 Å². The van der Waals surface area contributed by atoms with Crippen molar-refractivity contribution in [3.05, 3.63) is 72.8 Å². The Morgan fingerprint density at radius 2 is 2.06 bits per heavy atom. The first kappa shape index (κ1) is 20.7. The molecule has 1 saturated heterocycles. The molecule has 4 aromatic rings. The van der Waals surface area contributed by atoms with Crippen molar-refractivity contribution in [3.63, 3.8) is 0 Å². The first-order chi connectivity index (χ1) is 16.0. The van der Waals surface area contributed by atoms with Gasteiger partial charge in [0.2, 0.25) is 5.91 Å². The van der Waals surface area contributed by atoms with Crippen molar-refractivity contribution in [2.24, 2.45) is 0 Å². The van der Waals surface area contributed by atoms with E-state index in [0.29, 0.717) is 17.9 Å². The predicted octanol–water partition coefficient (Wildman–Crippen LogP) is 2.87. The second kappa shape index (κ2) is 8.38. The average molecular weight is 448 g/mol.